The second-order valence-electron chi connectivity index (χ2n) is 5.97. The normalized spacial score (nSPS) is 18.3. The van der Waals surface area contributed by atoms with Crippen LogP contribution in [-0.2, 0) is 0 Å². The van der Waals surface area contributed by atoms with Crippen molar-refractivity contribution in [1.82, 2.24) is 14.8 Å². The Kier molecular flexibility index (Phi) is 5.08. The van der Waals surface area contributed by atoms with Gasteiger partial charge in [-0.3, -0.25) is 4.90 Å². The van der Waals surface area contributed by atoms with Crippen LogP contribution in [0.4, 0.5) is 5.13 Å². The zero-order chi connectivity index (χ0) is 15.4. The van der Waals surface area contributed by atoms with Gasteiger partial charge in [-0.1, -0.05) is 30.3 Å². The average Bonchev–Trinajstić information content (AvgIpc) is 3.03. The van der Waals surface area contributed by atoms with Crippen LogP contribution in [0.2, 0.25) is 0 Å². The van der Waals surface area contributed by atoms with Gasteiger partial charge in [0.2, 0.25) is 0 Å². The number of nitrogens with one attached hydrogen (secondary N) is 1. The number of thiazole rings is 1. The zero-order valence-corrected chi connectivity index (χ0v) is 14.1. The molecule has 1 N–H and O–H groups in total. The molecule has 1 unspecified atom stereocenters. The van der Waals surface area contributed by atoms with Crippen molar-refractivity contribution in [3.8, 4) is 11.3 Å². The van der Waals surface area contributed by atoms with Crippen molar-refractivity contribution in [2.45, 2.75) is 13.0 Å². The first-order valence-electron chi connectivity index (χ1n) is 7.90. The highest BCUT2D eigenvalue weighted by molar-refractivity contribution is 7.14. The third kappa shape index (κ3) is 3.85. The van der Waals surface area contributed by atoms with E-state index in [0.29, 0.717) is 6.04 Å². The van der Waals surface area contributed by atoms with E-state index in [9.17, 15) is 0 Å². The highest BCUT2D eigenvalue weighted by atomic mass is 32.1. The molecule has 1 aromatic carbocycles. The molecule has 0 radical (unpaired) electrons. The molecule has 2 heterocycles. The summed E-state index contributed by atoms with van der Waals surface area (Å²) in [5, 5.41) is 6.63. The molecule has 4 nitrogen and oxygen atoms in total. The summed E-state index contributed by atoms with van der Waals surface area (Å²) in [7, 11) is 2.20. The van der Waals surface area contributed by atoms with Crippen LogP contribution in [-0.4, -0.2) is 60.6 Å². The minimum Gasteiger partial charge on any atom is -0.360 e. The molecule has 0 spiro atoms. The first-order chi connectivity index (χ1) is 10.7. The fourth-order valence-corrected chi connectivity index (χ4v) is 3.45. The van der Waals surface area contributed by atoms with Crippen molar-refractivity contribution in [2.24, 2.45) is 0 Å². The zero-order valence-electron chi connectivity index (χ0n) is 13.3. The number of aromatic nitrogens is 1. The third-order valence-electron chi connectivity index (χ3n) is 4.28. The van der Waals surface area contributed by atoms with Crippen molar-refractivity contribution in [2.75, 3.05) is 45.1 Å². The van der Waals surface area contributed by atoms with E-state index in [1.54, 1.807) is 11.3 Å². The first kappa shape index (κ1) is 15.5. The number of rotatable bonds is 5. The monoisotopic (exact) mass is 316 g/mol. The van der Waals surface area contributed by atoms with Gasteiger partial charge in [0.25, 0.3) is 0 Å². The van der Waals surface area contributed by atoms with Crippen molar-refractivity contribution in [1.29, 1.82) is 0 Å². The molecule has 22 heavy (non-hydrogen) atoms. The van der Waals surface area contributed by atoms with E-state index in [1.807, 2.05) is 6.07 Å². The molecule has 1 fully saturated rings. The summed E-state index contributed by atoms with van der Waals surface area (Å²) < 4.78 is 0. The predicted octanol–water partition coefficient (Wildman–Crippen LogP) is 2.86. The van der Waals surface area contributed by atoms with Gasteiger partial charge < -0.3 is 10.2 Å². The minimum atomic E-state index is 0.540. The molecule has 5 heteroatoms. The number of likely N-dealkylation sites (N-methyl/N-ethyl adjacent to an activating group) is 1. The molecule has 2 aromatic rings. The molecule has 1 aromatic heterocycles. The standard InChI is InChI=1S/C17H24N4S/c1-14(21-10-8-20(2)9-11-21)12-18-17-19-16(13-22-17)15-6-4-3-5-7-15/h3-7,13-14H,8-12H2,1-2H3,(H,18,19). The predicted molar refractivity (Wildman–Crippen MR) is 94.6 cm³/mol. The maximum atomic E-state index is 4.69. The Morgan fingerprint density at radius 2 is 1.91 bits per heavy atom. The highest BCUT2D eigenvalue weighted by Crippen LogP contribution is 2.24. The van der Waals surface area contributed by atoms with Gasteiger partial charge in [0, 0.05) is 49.7 Å². The lowest BCUT2D eigenvalue weighted by molar-refractivity contribution is 0.123. The van der Waals surface area contributed by atoms with Crippen molar-refractivity contribution < 1.29 is 0 Å². The second-order valence-corrected chi connectivity index (χ2v) is 6.83. The minimum absolute atomic E-state index is 0.540. The summed E-state index contributed by atoms with van der Waals surface area (Å²) in [4.78, 5) is 9.64. The lowest BCUT2D eigenvalue weighted by Gasteiger charge is -2.36. The van der Waals surface area contributed by atoms with E-state index in [-0.39, 0.29) is 0 Å². The van der Waals surface area contributed by atoms with E-state index in [1.165, 1.54) is 18.7 Å². The van der Waals surface area contributed by atoms with Crippen LogP contribution in [0.25, 0.3) is 11.3 Å². The molecule has 0 aliphatic carbocycles. The Morgan fingerprint density at radius 3 is 2.64 bits per heavy atom. The topological polar surface area (TPSA) is 31.4 Å². The van der Waals surface area contributed by atoms with E-state index < -0.39 is 0 Å². The van der Waals surface area contributed by atoms with E-state index in [2.05, 4.69) is 58.7 Å². The number of hydrogen-bond donors (Lipinski definition) is 1. The maximum Gasteiger partial charge on any atom is 0.183 e. The Balaban J connectivity index is 1.53. The van der Waals surface area contributed by atoms with Crippen LogP contribution < -0.4 is 5.32 Å². The van der Waals surface area contributed by atoms with Crippen LogP contribution in [0.3, 0.4) is 0 Å². The Morgan fingerprint density at radius 1 is 1.18 bits per heavy atom. The Labute approximate surface area is 136 Å². The highest BCUT2D eigenvalue weighted by Gasteiger charge is 2.19. The van der Waals surface area contributed by atoms with Gasteiger partial charge in [0.15, 0.2) is 5.13 Å². The van der Waals surface area contributed by atoms with Crippen molar-refractivity contribution >= 4 is 16.5 Å². The fraction of sp³-hybridized carbons (Fsp3) is 0.471. The quantitative estimate of drug-likeness (QED) is 0.919. The van der Waals surface area contributed by atoms with Gasteiger partial charge in [-0.25, -0.2) is 4.98 Å². The van der Waals surface area contributed by atoms with Crippen molar-refractivity contribution in [3.63, 3.8) is 0 Å². The van der Waals surface area contributed by atoms with Gasteiger partial charge in [0.05, 0.1) is 5.69 Å². The largest absolute Gasteiger partial charge is 0.360 e. The summed E-state index contributed by atoms with van der Waals surface area (Å²) >= 11 is 1.68. The van der Waals surface area contributed by atoms with Crippen LogP contribution in [0, 0.1) is 0 Å². The molecule has 3 rings (SSSR count). The molecule has 0 saturated carbocycles. The lowest BCUT2D eigenvalue weighted by atomic mass is 10.2. The van der Waals surface area contributed by atoms with Crippen LogP contribution in [0.15, 0.2) is 35.7 Å². The first-order valence-corrected chi connectivity index (χ1v) is 8.78. The molecule has 1 atom stereocenters. The van der Waals surface area contributed by atoms with Crippen LogP contribution in [0.1, 0.15) is 6.92 Å². The summed E-state index contributed by atoms with van der Waals surface area (Å²) in [6.07, 6.45) is 0. The average molecular weight is 316 g/mol. The van der Waals surface area contributed by atoms with Crippen LogP contribution >= 0.6 is 11.3 Å². The summed E-state index contributed by atoms with van der Waals surface area (Å²) in [6.45, 7) is 7.90. The smallest absolute Gasteiger partial charge is 0.183 e. The number of hydrogen-bond acceptors (Lipinski definition) is 5. The molecule has 118 valence electrons. The molecular formula is C17H24N4S. The molecule has 1 aliphatic rings. The van der Waals surface area contributed by atoms with E-state index in [4.69, 9.17) is 4.98 Å². The maximum absolute atomic E-state index is 4.69. The number of benzene rings is 1. The van der Waals surface area contributed by atoms with E-state index in [0.717, 1.165) is 30.5 Å². The number of anilines is 1. The van der Waals surface area contributed by atoms with Crippen LogP contribution in [0.5, 0.6) is 0 Å². The number of nitrogens with zero attached hydrogens (tertiary/aromatic N) is 3. The van der Waals surface area contributed by atoms with Gasteiger partial charge in [-0.15, -0.1) is 11.3 Å². The van der Waals surface area contributed by atoms with Gasteiger partial charge in [0.1, 0.15) is 0 Å². The van der Waals surface area contributed by atoms with Gasteiger partial charge in [-0.2, -0.15) is 0 Å². The fourth-order valence-electron chi connectivity index (χ4n) is 2.72. The van der Waals surface area contributed by atoms with E-state index >= 15 is 0 Å². The van der Waals surface area contributed by atoms with Gasteiger partial charge in [-0.05, 0) is 14.0 Å². The summed E-state index contributed by atoms with van der Waals surface area (Å²) in [6, 6.07) is 10.9. The molecule has 0 bridgehead atoms. The molecule has 1 aliphatic heterocycles. The van der Waals surface area contributed by atoms with Crippen molar-refractivity contribution in [3.05, 3.63) is 35.7 Å². The Bertz CT molecular complexity index is 575. The summed E-state index contributed by atoms with van der Waals surface area (Å²) in [5.74, 6) is 0. The lowest BCUT2D eigenvalue weighted by Crippen LogP contribution is -2.49. The Hall–Kier alpha value is -1.43. The number of piperazine rings is 1. The molecular weight excluding hydrogens is 292 g/mol. The molecule has 1 saturated heterocycles. The SMILES string of the molecule is CC(CNc1nc(-c2ccccc2)cs1)N1CCN(C)CC1. The van der Waals surface area contributed by atoms with Gasteiger partial charge >= 0.3 is 0 Å². The third-order valence-corrected chi connectivity index (χ3v) is 5.08. The summed E-state index contributed by atoms with van der Waals surface area (Å²) in [5.41, 5.74) is 2.24. The second kappa shape index (κ2) is 7.22. The molecule has 0 amide bonds.